The van der Waals surface area contributed by atoms with Gasteiger partial charge in [-0.3, -0.25) is 4.48 Å². The third kappa shape index (κ3) is 15.9. The van der Waals surface area contributed by atoms with Crippen LogP contribution in [-0.2, 0) is 0 Å². The number of unbranched alkanes of at least 4 members (excludes halogenated alkanes) is 17. The highest BCUT2D eigenvalue weighted by Gasteiger charge is 2.28. The number of benzene rings is 1. The van der Waals surface area contributed by atoms with Gasteiger partial charge in [0.2, 0.25) is 0 Å². The Labute approximate surface area is 214 Å². The minimum atomic E-state index is 0. The number of hydrogen-bond acceptors (Lipinski definition) is 1. The van der Waals surface area contributed by atoms with Crippen LogP contribution < -0.4 is 4.48 Å². The summed E-state index contributed by atoms with van der Waals surface area (Å²) >= 11 is 0. The van der Waals surface area contributed by atoms with Crippen LogP contribution in [0.4, 0.5) is 5.69 Å². The molecule has 0 aliphatic heterocycles. The topological polar surface area (TPSA) is 30.0 Å². The molecule has 0 saturated heterocycles. The summed E-state index contributed by atoms with van der Waals surface area (Å²) in [7, 11) is 0. The first-order valence-corrected chi connectivity index (χ1v) is 15.2. The SMILES string of the molecule is CCCCCCCCCCCCCCCC[N+](CCCCC)(CCCCC)c1ccccc1.[OH-]. The van der Waals surface area contributed by atoms with Gasteiger partial charge in [-0.25, -0.2) is 0 Å². The van der Waals surface area contributed by atoms with Crippen LogP contribution in [0.25, 0.3) is 0 Å². The van der Waals surface area contributed by atoms with Crippen LogP contribution in [0.3, 0.4) is 0 Å². The van der Waals surface area contributed by atoms with Gasteiger partial charge in [0.05, 0.1) is 19.6 Å². The van der Waals surface area contributed by atoms with Crippen molar-refractivity contribution in [3.05, 3.63) is 30.3 Å². The van der Waals surface area contributed by atoms with E-state index in [1.165, 1.54) is 153 Å². The van der Waals surface area contributed by atoms with Gasteiger partial charge in [-0.15, -0.1) is 0 Å². The van der Waals surface area contributed by atoms with Crippen molar-refractivity contribution in [2.45, 2.75) is 149 Å². The molecule has 0 bridgehead atoms. The Bertz CT molecular complexity index is 505. The molecule has 0 saturated carbocycles. The molecule has 0 aromatic heterocycles. The molecule has 0 fully saturated rings. The standard InChI is InChI=1S/C32H60N.H2O/c1-4-7-10-11-12-13-14-15-16-17-18-19-20-26-31-33(29-24-8-5-2,30-25-9-6-3)32-27-22-21-23-28-32;/h21-23,27-28H,4-20,24-26,29-31H2,1-3H3;1H2/q+1;/p-1. The highest BCUT2D eigenvalue weighted by Crippen LogP contribution is 2.27. The average molecular weight is 476 g/mol. The van der Waals surface area contributed by atoms with Gasteiger partial charge in [-0.2, -0.15) is 0 Å². The van der Waals surface area contributed by atoms with Crippen LogP contribution >= 0.6 is 0 Å². The van der Waals surface area contributed by atoms with Crippen LogP contribution in [0.1, 0.15) is 149 Å². The molecule has 0 atom stereocenters. The first-order chi connectivity index (χ1) is 16.3. The lowest BCUT2D eigenvalue weighted by atomic mass is 10.0. The highest BCUT2D eigenvalue weighted by molar-refractivity contribution is 5.42. The van der Waals surface area contributed by atoms with Gasteiger partial charge in [-0.1, -0.05) is 129 Å². The van der Waals surface area contributed by atoms with E-state index in [9.17, 15) is 0 Å². The number of rotatable bonds is 24. The molecule has 0 spiro atoms. The summed E-state index contributed by atoms with van der Waals surface area (Å²) in [4.78, 5) is 0. The summed E-state index contributed by atoms with van der Waals surface area (Å²) in [6.45, 7) is 11.0. The maximum atomic E-state index is 2.40. The largest absolute Gasteiger partial charge is 0.870 e. The van der Waals surface area contributed by atoms with Gasteiger partial charge in [0.15, 0.2) is 0 Å². The zero-order chi connectivity index (χ0) is 23.9. The Morgan fingerprint density at radius 2 is 0.706 bits per heavy atom. The molecular formula is C32H61NO. The normalized spacial score (nSPS) is 11.5. The van der Waals surface area contributed by atoms with E-state index in [1.807, 2.05) is 0 Å². The van der Waals surface area contributed by atoms with Gasteiger partial charge >= 0.3 is 0 Å². The first kappa shape index (κ1) is 33.1. The molecule has 0 aliphatic carbocycles. The summed E-state index contributed by atoms with van der Waals surface area (Å²) in [5.41, 5.74) is 1.57. The van der Waals surface area contributed by atoms with Crippen LogP contribution in [0.15, 0.2) is 30.3 Å². The number of quaternary nitrogens is 1. The van der Waals surface area contributed by atoms with Crippen molar-refractivity contribution in [2.24, 2.45) is 0 Å². The van der Waals surface area contributed by atoms with E-state index in [0.717, 1.165) is 0 Å². The van der Waals surface area contributed by atoms with E-state index in [4.69, 9.17) is 0 Å². The van der Waals surface area contributed by atoms with E-state index in [1.54, 1.807) is 5.69 Å². The van der Waals surface area contributed by atoms with Crippen LogP contribution in [0.5, 0.6) is 0 Å². The van der Waals surface area contributed by atoms with Crippen molar-refractivity contribution in [2.75, 3.05) is 19.6 Å². The fourth-order valence-electron chi connectivity index (χ4n) is 5.40. The molecule has 0 radical (unpaired) electrons. The molecule has 0 heterocycles. The van der Waals surface area contributed by atoms with E-state index in [2.05, 4.69) is 51.1 Å². The fourth-order valence-corrected chi connectivity index (χ4v) is 5.40. The minimum Gasteiger partial charge on any atom is -0.870 e. The van der Waals surface area contributed by atoms with Crippen molar-refractivity contribution in [1.29, 1.82) is 0 Å². The predicted octanol–water partition coefficient (Wildman–Crippen LogP) is 10.7. The third-order valence-electron chi connectivity index (χ3n) is 7.62. The van der Waals surface area contributed by atoms with Crippen molar-refractivity contribution in [3.8, 4) is 0 Å². The number of nitrogens with zero attached hydrogens (tertiary/aromatic N) is 1. The summed E-state index contributed by atoms with van der Waals surface area (Å²) in [6.07, 6.45) is 28.4. The first-order valence-electron chi connectivity index (χ1n) is 15.2. The van der Waals surface area contributed by atoms with Gasteiger partial charge < -0.3 is 5.48 Å². The molecule has 1 aromatic rings. The molecular weight excluding hydrogens is 414 g/mol. The molecule has 0 amide bonds. The summed E-state index contributed by atoms with van der Waals surface area (Å²) in [6, 6.07) is 11.5. The van der Waals surface area contributed by atoms with Crippen LogP contribution in [0.2, 0.25) is 0 Å². The molecule has 1 rings (SSSR count). The minimum absolute atomic E-state index is 0. The maximum Gasteiger partial charge on any atom is 0.132 e. The molecule has 0 aliphatic rings. The zero-order valence-electron chi connectivity index (χ0n) is 23.5. The summed E-state index contributed by atoms with van der Waals surface area (Å²) < 4.78 is 1.24. The molecule has 1 N–H and O–H groups in total. The lowest BCUT2D eigenvalue weighted by molar-refractivity contribution is 0.254. The van der Waals surface area contributed by atoms with Crippen molar-refractivity contribution >= 4 is 5.69 Å². The van der Waals surface area contributed by atoms with Crippen molar-refractivity contribution < 1.29 is 5.48 Å². The number of hydrogen-bond donors (Lipinski definition) is 0. The number of para-hydroxylation sites is 1. The second kappa shape index (κ2) is 23.9. The third-order valence-corrected chi connectivity index (χ3v) is 7.62. The van der Waals surface area contributed by atoms with Crippen LogP contribution in [0, 0.1) is 0 Å². The Balaban J connectivity index is 0.0000109. The Morgan fingerprint density at radius 1 is 0.412 bits per heavy atom. The molecule has 34 heavy (non-hydrogen) atoms. The molecule has 2 nitrogen and oxygen atoms in total. The second-order valence-corrected chi connectivity index (χ2v) is 10.7. The lowest BCUT2D eigenvalue weighted by Crippen LogP contribution is -2.51. The van der Waals surface area contributed by atoms with Crippen molar-refractivity contribution in [1.82, 2.24) is 4.48 Å². The van der Waals surface area contributed by atoms with Crippen LogP contribution in [-0.4, -0.2) is 25.1 Å². The van der Waals surface area contributed by atoms with E-state index >= 15 is 0 Å². The lowest BCUT2D eigenvalue weighted by Gasteiger charge is -2.39. The molecule has 200 valence electrons. The van der Waals surface area contributed by atoms with Gasteiger partial charge in [0, 0.05) is 0 Å². The highest BCUT2D eigenvalue weighted by atomic mass is 16.0. The quantitative estimate of drug-likeness (QED) is 0.108. The second-order valence-electron chi connectivity index (χ2n) is 10.7. The van der Waals surface area contributed by atoms with E-state index in [-0.39, 0.29) is 5.48 Å². The monoisotopic (exact) mass is 475 g/mol. The van der Waals surface area contributed by atoms with Crippen molar-refractivity contribution in [3.63, 3.8) is 0 Å². The van der Waals surface area contributed by atoms with Gasteiger partial charge in [-0.05, 0) is 50.7 Å². The maximum absolute atomic E-state index is 2.40. The van der Waals surface area contributed by atoms with Gasteiger partial charge in [0.25, 0.3) is 0 Å². The Morgan fingerprint density at radius 3 is 1.09 bits per heavy atom. The molecule has 0 unspecified atom stereocenters. The smallest absolute Gasteiger partial charge is 0.132 e. The Hall–Kier alpha value is -0.860. The average Bonchev–Trinajstić information content (AvgIpc) is 2.84. The predicted molar refractivity (Wildman–Crippen MR) is 154 cm³/mol. The summed E-state index contributed by atoms with van der Waals surface area (Å²) in [5, 5.41) is 0. The van der Waals surface area contributed by atoms with E-state index < -0.39 is 0 Å². The summed E-state index contributed by atoms with van der Waals surface area (Å²) in [5.74, 6) is 0. The Kier molecular flexibility index (Phi) is 23.3. The zero-order valence-corrected chi connectivity index (χ0v) is 23.5. The molecule has 2 heteroatoms. The van der Waals surface area contributed by atoms with Gasteiger partial charge in [0.1, 0.15) is 5.69 Å². The molecule has 1 aromatic carbocycles. The fraction of sp³-hybridized carbons (Fsp3) is 0.812. The van der Waals surface area contributed by atoms with E-state index in [0.29, 0.717) is 0 Å².